The van der Waals surface area contributed by atoms with Crippen molar-refractivity contribution in [3.63, 3.8) is 0 Å². The van der Waals surface area contributed by atoms with E-state index in [0.29, 0.717) is 0 Å². The third kappa shape index (κ3) is 1.41. The quantitative estimate of drug-likeness (QED) is 0.511. The largest absolute Gasteiger partial charge is 0.289 e. The highest BCUT2D eigenvalue weighted by Crippen LogP contribution is 2.42. The minimum absolute atomic E-state index is 0.921. The van der Waals surface area contributed by atoms with E-state index < -0.39 is 0 Å². The fourth-order valence-corrected chi connectivity index (χ4v) is 2.09. The zero-order valence-corrected chi connectivity index (χ0v) is 7.14. The van der Waals surface area contributed by atoms with E-state index in [2.05, 4.69) is 16.7 Å². The van der Waals surface area contributed by atoms with Crippen molar-refractivity contribution in [3.8, 4) is 11.8 Å². The molecule has 2 fully saturated rings. The minimum Gasteiger partial charge on any atom is -0.289 e. The maximum atomic E-state index is 3.15. The van der Waals surface area contributed by atoms with E-state index in [9.17, 15) is 0 Å². The van der Waals surface area contributed by atoms with Crippen molar-refractivity contribution in [1.82, 2.24) is 4.90 Å². The minimum atomic E-state index is 0.921. The molecule has 1 heterocycles. The number of hydrogen-bond acceptors (Lipinski definition) is 1. The van der Waals surface area contributed by atoms with Gasteiger partial charge in [-0.3, -0.25) is 4.90 Å². The van der Waals surface area contributed by atoms with Crippen LogP contribution in [0, 0.1) is 17.8 Å². The molecule has 0 aromatic carbocycles. The molecule has 0 aromatic heterocycles. The number of likely N-dealkylation sites (tertiary alicyclic amines) is 1. The molecule has 1 aliphatic heterocycles. The first kappa shape index (κ1) is 7.18. The van der Waals surface area contributed by atoms with Gasteiger partial charge in [-0.1, -0.05) is 5.92 Å². The maximum absolute atomic E-state index is 3.15. The molecule has 60 valence electrons. The Bertz CT molecular complexity index is 199. The predicted molar refractivity (Wildman–Crippen MR) is 46.2 cm³/mol. The smallest absolute Gasteiger partial charge is 0.0603 e. The first-order valence-corrected chi connectivity index (χ1v) is 4.55. The topological polar surface area (TPSA) is 3.24 Å². The van der Waals surface area contributed by atoms with Gasteiger partial charge in [0.05, 0.1) is 6.54 Å². The van der Waals surface area contributed by atoms with Gasteiger partial charge in [-0.25, -0.2) is 0 Å². The molecule has 1 aliphatic carbocycles. The Morgan fingerprint density at radius 1 is 1.55 bits per heavy atom. The van der Waals surface area contributed by atoms with Gasteiger partial charge in [-0.15, -0.1) is 5.92 Å². The van der Waals surface area contributed by atoms with Crippen LogP contribution in [0.5, 0.6) is 0 Å². The monoisotopic (exact) mass is 149 g/mol. The fraction of sp³-hybridized carbons (Fsp3) is 0.800. The summed E-state index contributed by atoms with van der Waals surface area (Å²) in [4.78, 5) is 2.55. The van der Waals surface area contributed by atoms with Crippen LogP contribution in [0.15, 0.2) is 0 Å². The van der Waals surface area contributed by atoms with Crippen LogP contribution in [0.3, 0.4) is 0 Å². The van der Waals surface area contributed by atoms with E-state index in [4.69, 9.17) is 0 Å². The summed E-state index contributed by atoms with van der Waals surface area (Å²) in [6.45, 7) is 4.22. The van der Waals surface area contributed by atoms with E-state index in [0.717, 1.165) is 18.5 Å². The summed E-state index contributed by atoms with van der Waals surface area (Å²) in [5, 5.41) is 0. The van der Waals surface area contributed by atoms with Crippen LogP contribution in [-0.2, 0) is 0 Å². The van der Waals surface area contributed by atoms with Gasteiger partial charge < -0.3 is 0 Å². The Balaban J connectivity index is 1.86. The second kappa shape index (κ2) is 2.87. The molecule has 2 unspecified atom stereocenters. The zero-order chi connectivity index (χ0) is 7.68. The van der Waals surface area contributed by atoms with Crippen molar-refractivity contribution in [3.05, 3.63) is 0 Å². The molecule has 0 bridgehead atoms. The highest BCUT2D eigenvalue weighted by Gasteiger charge is 2.43. The van der Waals surface area contributed by atoms with Gasteiger partial charge in [0.15, 0.2) is 0 Å². The van der Waals surface area contributed by atoms with Crippen molar-refractivity contribution in [1.29, 1.82) is 0 Å². The van der Waals surface area contributed by atoms with Gasteiger partial charge in [0.1, 0.15) is 0 Å². The lowest BCUT2D eigenvalue weighted by Crippen LogP contribution is -2.31. The van der Waals surface area contributed by atoms with Crippen molar-refractivity contribution >= 4 is 0 Å². The summed E-state index contributed by atoms with van der Waals surface area (Å²) in [7, 11) is 0. The summed E-state index contributed by atoms with van der Waals surface area (Å²) in [6, 6.07) is 0.921. The summed E-state index contributed by atoms with van der Waals surface area (Å²) in [5.74, 6) is 7.16. The van der Waals surface area contributed by atoms with E-state index in [-0.39, 0.29) is 0 Å². The van der Waals surface area contributed by atoms with E-state index in [1.54, 1.807) is 0 Å². The molecule has 1 nitrogen and oxygen atoms in total. The molecule has 0 radical (unpaired) electrons. The third-order valence-electron chi connectivity index (χ3n) is 2.83. The Hall–Kier alpha value is -0.480. The lowest BCUT2D eigenvalue weighted by atomic mass is 10.1. The number of nitrogens with zero attached hydrogens (tertiary/aromatic N) is 1. The lowest BCUT2D eigenvalue weighted by Gasteiger charge is -2.23. The van der Waals surface area contributed by atoms with E-state index in [1.165, 1.54) is 25.8 Å². The van der Waals surface area contributed by atoms with Crippen LogP contribution in [0.25, 0.3) is 0 Å². The van der Waals surface area contributed by atoms with Gasteiger partial charge >= 0.3 is 0 Å². The molecule has 2 atom stereocenters. The Morgan fingerprint density at radius 3 is 3.27 bits per heavy atom. The summed E-state index contributed by atoms with van der Waals surface area (Å²) in [5.41, 5.74) is 0. The molecule has 1 saturated heterocycles. The highest BCUT2D eigenvalue weighted by molar-refractivity contribution is 5.04. The molecule has 1 heteroatoms. The van der Waals surface area contributed by atoms with Gasteiger partial charge in [0.2, 0.25) is 0 Å². The molecule has 0 aromatic rings. The summed E-state index contributed by atoms with van der Waals surface area (Å²) < 4.78 is 0. The average Bonchev–Trinajstić information content (AvgIpc) is 2.79. The standard InChI is InChI=1S/C10H15N/c1-2-3-6-11-7-4-5-9-8-10(9)11/h9-10H,4-8H2,1H3. The first-order valence-electron chi connectivity index (χ1n) is 4.55. The molecule has 2 aliphatic rings. The number of rotatable bonds is 1. The first-order chi connectivity index (χ1) is 5.42. The number of hydrogen-bond donors (Lipinski definition) is 0. The Morgan fingerprint density at radius 2 is 2.45 bits per heavy atom. The predicted octanol–water partition coefficient (Wildman–Crippen LogP) is 1.49. The average molecular weight is 149 g/mol. The normalized spacial score (nSPS) is 35.4. The van der Waals surface area contributed by atoms with Crippen LogP contribution >= 0.6 is 0 Å². The molecule has 2 rings (SSSR count). The zero-order valence-electron chi connectivity index (χ0n) is 7.14. The second-order valence-electron chi connectivity index (χ2n) is 3.60. The van der Waals surface area contributed by atoms with E-state index >= 15 is 0 Å². The Kier molecular flexibility index (Phi) is 1.87. The third-order valence-corrected chi connectivity index (χ3v) is 2.83. The molecular formula is C10H15N. The highest BCUT2D eigenvalue weighted by atomic mass is 15.2. The molecule has 1 saturated carbocycles. The lowest BCUT2D eigenvalue weighted by molar-refractivity contribution is 0.241. The van der Waals surface area contributed by atoms with Crippen LogP contribution in [0.1, 0.15) is 26.2 Å². The second-order valence-corrected chi connectivity index (χ2v) is 3.60. The van der Waals surface area contributed by atoms with Crippen molar-refractivity contribution in [2.24, 2.45) is 5.92 Å². The van der Waals surface area contributed by atoms with Crippen molar-refractivity contribution in [2.75, 3.05) is 13.1 Å². The van der Waals surface area contributed by atoms with Crippen LogP contribution < -0.4 is 0 Å². The summed E-state index contributed by atoms with van der Waals surface area (Å²) in [6.07, 6.45) is 4.32. The maximum Gasteiger partial charge on any atom is 0.0603 e. The number of piperidine rings is 1. The molecule has 0 amide bonds. The molecule has 0 N–H and O–H groups in total. The van der Waals surface area contributed by atoms with Crippen LogP contribution in [-0.4, -0.2) is 24.0 Å². The van der Waals surface area contributed by atoms with Crippen molar-refractivity contribution < 1.29 is 0 Å². The van der Waals surface area contributed by atoms with Gasteiger partial charge in [-0.05, 0) is 38.6 Å². The summed E-state index contributed by atoms with van der Waals surface area (Å²) >= 11 is 0. The fourth-order valence-electron chi connectivity index (χ4n) is 2.09. The SMILES string of the molecule is CC#CCN1CCCC2CC21. The molecular weight excluding hydrogens is 134 g/mol. The molecule has 0 spiro atoms. The molecule has 11 heavy (non-hydrogen) atoms. The van der Waals surface area contributed by atoms with Crippen LogP contribution in [0.4, 0.5) is 0 Å². The van der Waals surface area contributed by atoms with Crippen LogP contribution in [0.2, 0.25) is 0 Å². The van der Waals surface area contributed by atoms with Gasteiger partial charge in [0.25, 0.3) is 0 Å². The van der Waals surface area contributed by atoms with E-state index in [1.807, 2.05) is 6.92 Å². The van der Waals surface area contributed by atoms with Gasteiger partial charge in [0, 0.05) is 6.04 Å². The number of fused-ring (bicyclic) bond motifs is 1. The van der Waals surface area contributed by atoms with Gasteiger partial charge in [-0.2, -0.15) is 0 Å². The van der Waals surface area contributed by atoms with Crippen molar-refractivity contribution in [2.45, 2.75) is 32.2 Å². The Labute approximate surface area is 68.8 Å².